The van der Waals surface area contributed by atoms with Gasteiger partial charge in [-0.1, -0.05) is 29.8 Å². The molecule has 0 fully saturated rings. The molecule has 1 aromatic rings. The molecule has 0 aliphatic heterocycles. The van der Waals surface area contributed by atoms with Gasteiger partial charge in [-0.25, -0.2) is 0 Å². The van der Waals surface area contributed by atoms with Crippen LogP contribution in [0.4, 0.5) is 13.2 Å². The number of hydrogen-bond acceptors (Lipinski definition) is 3. The third kappa shape index (κ3) is 8.28. The van der Waals surface area contributed by atoms with E-state index in [1.54, 1.807) is 12.1 Å². The standard InChI is InChI=1S/C14H19BrF3NO2/c1-10(2)6-19-7-11-5-12(15)3-4-13(11)21-9-20-8-14(16,17)18/h3-5,10,19H,6-9H2,1-2H3. The highest BCUT2D eigenvalue weighted by Gasteiger charge is 2.27. The van der Waals surface area contributed by atoms with Crippen LogP contribution < -0.4 is 10.1 Å². The smallest absolute Gasteiger partial charge is 0.411 e. The van der Waals surface area contributed by atoms with Gasteiger partial charge in [-0.05, 0) is 30.7 Å². The maximum atomic E-state index is 12.0. The average Bonchev–Trinajstić information content (AvgIpc) is 2.35. The van der Waals surface area contributed by atoms with Crippen molar-refractivity contribution in [1.82, 2.24) is 5.32 Å². The van der Waals surface area contributed by atoms with Gasteiger partial charge in [-0.2, -0.15) is 13.2 Å². The van der Waals surface area contributed by atoms with Crippen molar-refractivity contribution in [3.05, 3.63) is 28.2 Å². The Labute approximate surface area is 130 Å². The molecule has 0 aliphatic rings. The monoisotopic (exact) mass is 369 g/mol. The Bertz CT molecular complexity index is 439. The number of benzene rings is 1. The fourth-order valence-corrected chi connectivity index (χ4v) is 1.99. The molecule has 1 rings (SSSR count). The molecule has 21 heavy (non-hydrogen) atoms. The molecular weight excluding hydrogens is 351 g/mol. The van der Waals surface area contributed by atoms with Crippen molar-refractivity contribution in [2.75, 3.05) is 19.9 Å². The summed E-state index contributed by atoms with van der Waals surface area (Å²) in [6.45, 7) is 3.86. The summed E-state index contributed by atoms with van der Waals surface area (Å²) in [4.78, 5) is 0. The minimum absolute atomic E-state index is 0.432. The van der Waals surface area contributed by atoms with Gasteiger partial charge in [0.1, 0.15) is 12.4 Å². The number of rotatable bonds is 8. The van der Waals surface area contributed by atoms with Crippen LogP contribution in [0.2, 0.25) is 0 Å². The molecule has 0 atom stereocenters. The lowest BCUT2D eigenvalue weighted by Crippen LogP contribution is -2.21. The molecule has 1 aromatic carbocycles. The van der Waals surface area contributed by atoms with Crippen molar-refractivity contribution in [2.45, 2.75) is 26.6 Å². The highest BCUT2D eigenvalue weighted by Crippen LogP contribution is 2.23. The Morgan fingerprint density at radius 2 is 2.00 bits per heavy atom. The predicted octanol–water partition coefficient (Wildman–Crippen LogP) is 4.11. The van der Waals surface area contributed by atoms with E-state index in [4.69, 9.17) is 4.74 Å². The van der Waals surface area contributed by atoms with Crippen LogP contribution in [0.3, 0.4) is 0 Å². The van der Waals surface area contributed by atoms with Gasteiger partial charge in [0, 0.05) is 16.6 Å². The highest BCUT2D eigenvalue weighted by atomic mass is 79.9. The topological polar surface area (TPSA) is 30.5 Å². The van der Waals surface area contributed by atoms with E-state index >= 15 is 0 Å². The Morgan fingerprint density at radius 3 is 2.62 bits per heavy atom. The Balaban J connectivity index is 2.52. The first kappa shape index (κ1) is 18.3. The third-order valence-electron chi connectivity index (χ3n) is 2.45. The average molecular weight is 370 g/mol. The number of hydrogen-bond donors (Lipinski definition) is 1. The van der Waals surface area contributed by atoms with Crippen LogP contribution in [0.5, 0.6) is 5.75 Å². The van der Waals surface area contributed by atoms with Gasteiger partial charge in [-0.3, -0.25) is 0 Å². The lowest BCUT2D eigenvalue weighted by Gasteiger charge is -2.14. The zero-order chi connectivity index (χ0) is 15.9. The largest absolute Gasteiger partial charge is 0.467 e. The second-order valence-electron chi connectivity index (χ2n) is 5.00. The van der Waals surface area contributed by atoms with Gasteiger partial charge in [0.25, 0.3) is 0 Å². The summed E-state index contributed by atoms with van der Waals surface area (Å²) in [5, 5.41) is 3.26. The Morgan fingerprint density at radius 1 is 1.29 bits per heavy atom. The van der Waals surface area contributed by atoms with E-state index < -0.39 is 19.6 Å². The molecule has 0 aliphatic carbocycles. The van der Waals surface area contributed by atoms with Crippen LogP contribution in [0.15, 0.2) is 22.7 Å². The first-order valence-electron chi connectivity index (χ1n) is 6.54. The second kappa shape index (κ2) is 8.60. The number of alkyl halides is 3. The summed E-state index contributed by atoms with van der Waals surface area (Å²) in [6, 6.07) is 5.34. The van der Waals surface area contributed by atoms with Crippen molar-refractivity contribution in [3.8, 4) is 5.75 Å². The summed E-state index contributed by atoms with van der Waals surface area (Å²) in [6.07, 6.45) is -4.34. The van der Waals surface area contributed by atoms with E-state index in [0.717, 1.165) is 16.6 Å². The van der Waals surface area contributed by atoms with Gasteiger partial charge >= 0.3 is 6.18 Å². The van der Waals surface area contributed by atoms with Gasteiger partial charge in [0.05, 0.1) is 0 Å². The SMILES string of the molecule is CC(C)CNCc1cc(Br)ccc1OCOCC(F)(F)F. The summed E-state index contributed by atoms with van der Waals surface area (Å²) in [5.41, 5.74) is 0.862. The molecule has 7 heteroatoms. The van der Waals surface area contributed by atoms with E-state index in [-0.39, 0.29) is 0 Å². The van der Waals surface area contributed by atoms with E-state index in [9.17, 15) is 13.2 Å². The van der Waals surface area contributed by atoms with Crippen molar-refractivity contribution >= 4 is 15.9 Å². The van der Waals surface area contributed by atoms with Crippen LogP contribution in [0, 0.1) is 5.92 Å². The predicted molar refractivity (Wildman–Crippen MR) is 78.2 cm³/mol. The molecule has 0 saturated heterocycles. The molecule has 120 valence electrons. The molecule has 0 amide bonds. The van der Waals surface area contributed by atoms with Crippen LogP contribution in [0.1, 0.15) is 19.4 Å². The van der Waals surface area contributed by atoms with Crippen molar-refractivity contribution in [2.24, 2.45) is 5.92 Å². The fraction of sp³-hybridized carbons (Fsp3) is 0.571. The molecule has 0 radical (unpaired) electrons. The van der Waals surface area contributed by atoms with Crippen LogP contribution in [0.25, 0.3) is 0 Å². The molecule has 0 heterocycles. The van der Waals surface area contributed by atoms with Gasteiger partial charge in [0.15, 0.2) is 6.79 Å². The molecule has 0 aromatic heterocycles. The molecule has 0 unspecified atom stereocenters. The highest BCUT2D eigenvalue weighted by molar-refractivity contribution is 9.10. The molecule has 1 N–H and O–H groups in total. The Kier molecular flexibility index (Phi) is 7.48. The van der Waals surface area contributed by atoms with Crippen LogP contribution >= 0.6 is 15.9 Å². The summed E-state index contributed by atoms with van der Waals surface area (Å²) in [5.74, 6) is 1.02. The second-order valence-corrected chi connectivity index (χ2v) is 5.92. The number of ether oxygens (including phenoxy) is 2. The quantitative estimate of drug-likeness (QED) is 0.552. The van der Waals surface area contributed by atoms with Gasteiger partial charge in [-0.15, -0.1) is 0 Å². The lowest BCUT2D eigenvalue weighted by molar-refractivity contribution is -0.186. The maximum absolute atomic E-state index is 12.0. The van der Waals surface area contributed by atoms with E-state index in [0.29, 0.717) is 18.2 Å². The molecule has 3 nitrogen and oxygen atoms in total. The molecular formula is C14H19BrF3NO2. The number of nitrogens with one attached hydrogen (secondary N) is 1. The van der Waals surface area contributed by atoms with Crippen LogP contribution in [-0.4, -0.2) is 26.1 Å². The zero-order valence-corrected chi connectivity index (χ0v) is 13.6. The maximum Gasteiger partial charge on any atom is 0.411 e. The van der Waals surface area contributed by atoms with E-state index in [1.165, 1.54) is 0 Å². The van der Waals surface area contributed by atoms with Crippen LogP contribution in [-0.2, 0) is 11.3 Å². The minimum atomic E-state index is -4.34. The zero-order valence-electron chi connectivity index (χ0n) is 12.0. The van der Waals surface area contributed by atoms with Crippen molar-refractivity contribution in [1.29, 1.82) is 0 Å². The third-order valence-corrected chi connectivity index (χ3v) is 2.95. The summed E-state index contributed by atoms with van der Waals surface area (Å²) < 4.78 is 46.5. The number of halogens is 4. The Hall–Kier alpha value is -0.790. The van der Waals surface area contributed by atoms with Gasteiger partial charge in [0.2, 0.25) is 0 Å². The molecule has 0 bridgehead atoms. The first-order chi connectivity index (χ1) is 9.78. The summed E-state index contributed by atoms with van der Waals surface area (Å²) >= 11 is 3.36. The van der Waals surface area contributed by atoms with Crippen molar-refractivity contribution in [3.63, 3.8) is 0 Å². The molecule has 0 spiro atoms. The van der Waals surface area contributed by atoms with E-state index in [1.807, 2.05) is 6.07 Å². The van der Waals surface area contributed by atoms with Crippen molar-refractivity contribution < 1.29 is 22.6 Å². The lowest BCUT2D eigenvalue weighted by atomic mass is 10.2. The normalized spacial score (nSPS) is 12.0. The molecule has 0 saturated carbocycles. The van der Waals surface area contributed by atoms with E-state index in [2.05, 4.69) is 39.8 Å². The fourth-order valence-electron chi connectivity index (χ4n) is 1.59. The van der Waals surface area contributed by atoms with Gasteiger partial charge < -0.3 is 14.8 Å². The summed E-state index contributed by atoms with van der Waals surface area (Å²) in [7, 11) is 0. The minimum Gasteiger partial charge on any atom is -0.467 e. The first-order valence-corrected chi connectivity index (χ1v) is 7.33.